The molecule has 0 radical (unpaired) electrons. The summed E-state index contributed by atoms with van der Waals surface area (Å²) in [5.41, 5.74) is 0.364. The number of Topliss-reactive ketones (excluding diaryl/α,β-unsaturated/α-hetero) is 1. The first-order valence-corrected chi connectivity index (χ1v) is 8.99. The molecule has 2 aromatic rings. The van der Waals surface area contributed by atoms with E-state index in [1.165, 1.54) is 18.3 Å². The number of methoxy groups -OCH3 is 1. The van der Waals surface area contributed by atoms with Crippen molar-refractivity contribution in [1.82, 2.24) is 4.98 Å². The van der Waals surface area contributed by atoms with Crippen molar-refractivity contribution in [3.63, 3.8) is 0 Å². The number of hydrogen-bond donors (Lipinski definition) is 1. The number of ether oxygens (including phenoxy) is 2. The largest absolute Gasteiger partial charge is 0.493 e. The van der Waals surface area contributed by atoms with Gasteiger partial charge in [0.05, 0.1) is 7.11 Å². The second kappa shape index (κ2) is 7.41. The van der Waals surface area contributed by atoms with Gasteiger partial charge in [0.15, 0.2) is 22.4 Å². The summed E-state index contributed by atoms with van der Waals surface area (Å²) in [5, 5.41) is 5.39. The van der Waals surface area contributed by atoms with Crippen LogP contribution in [0.15, 0.2) is 23.6 Å². The molecule has 3 rings (SSSR count). The molecule has 1 N–H and O–H groups in total. The van der Waals surface area contributed by atoms with Crippen LogP contribution >= 0.6 is 22.9 Å². The summed E-state index contributed by atoms with van der Waals surface area (Å²) < 4.78 is 11.1. The number of nitrogens with zero attached hydrogens (tertiary/aromatic N) is 1. The third-order valence-corrected chi connectivity index (χ3v) is 4.97. The minimum Gasteiger partial charge on any atom is -0.493 e. The van der Waals surface area contributed by atoms with E-state index in [-0.39, 0.29) is 23.7 Å². The molecule has 1 aromatic heterocycles. The monoisotopic (exact) mass is 380 g/mol. The molecule has 0 unspecified atom stereocenters. The Balaban J connectivity index is 1.52. The van der Waals surface area contributed by atoms with Gasteiger partial charge in [0.2, 0.25) is 5.91 Å². The molecule has 25 heavy (non-hydrogen) atoms. The van der Waals surface area contributed by atoms with Gasteiger partial charge in [-0.3, -0.25) is 9.59 Å². The van der Waals surface area contributed by atoms with Crippen molar-refractivity contribution >= 4 is 39.8 Å². The third kappa shape index (κ3) is 4.11. The van der Waals surface area contributed by atoms with Gasteiger partial charge in [-0.15, -0.1) is 11.3 Å². The van der Waals surface area contributed by atoms with Crippen molar-refractivity contribution in [3.8, 4) is 11.5 Å². The van der Waals surface area contributed by atoms with Crippen molar-refractivity contribution in [2.75, 3.05) is 12.4 Å². The molecule has 1 aliphatic rings. The highest BCUT2D eigenvalue weighted by atomic mass is 35.5. The lowest BCUT2D eigenvalue weighted by Gasteiger charge is -2.34. The zero-order valence-corrected chi connectivity index (χ0v) is 15.3. The number of nitrogens with one attached hydrogen (secondary N) is 1. The van der Waals surface area contributed by atoms with Crippen molar-refractivity contribution in [2.45, 2.75) is 25.9 Å². The van der Waals surface area contributed by atoms with Gasteiger partial charge in [0.25, 0.3) is 0 Å². The summed E-state index contributed by atoms with van der Waals surface area (Å²) in [4.78, 5) is 27.5. The van der Waals surface area contributed by atoms with Gasteiger partial charge in [-0.1, -0.05) is 11.6 Å². The maximum Gasteiger partial charge on any atom is 0.229 e. The van der Waals surface area contributed by atoms with Crippen molar-refractivity contribution in [1.29, 1.82) is 0 Å². The molecule has 8 heteroatoms. The Kier molecular flexibility index (Phi) is 5.24. The number of hydrogen-bond acceptors (Lipinski definition) is 6. The zero-order valence-electron chi connectivity index (χ0n) is 13.7. The van der Waals surface area contributed by atoms with Crippen LogP contribution in [0.4, 0.5) is 5.13 Å². The predicted molar refractivity (Wildman–Crippen MR) is 95.9 cm³/mol. The van der Waals surface area contributed by atoms with E-state index in [0.717, 1.165) is 0 Å². The number of carbonyl (C=O) groups is 2. The van der Waals surface area contributed by atoms with Crippen LogP contribution in [0.2, 0.25) is 5.02 Å². The zero-order chi connectivity index (χ0) is 18.0. The quantitative estimate of drug-likeness (QED) is 0.771. The fourth-order valence-corrected chi connectivity index (χ4v) is 3.41. The summed E-state index contributed by atoms with van der Waals surface area (Å²) in [6, 6.07) is 5.18. The Bertz CT molecular complexity index is 802. The number of anilines is 1. The molecule has 0 atom stereocenters. The normalized spacial score (nSPS) is 19.0. The van der Waals surface area contributed by atoms with E-state index in [1.807, 2.05) is 0 Å². The number of rotatable bonds is 6. The van der Waals surface area contributed by atoms with Crippen LogP contribution in [0.5, 0.6) is 11.5 Å². The molecule has 1 aliphatic carbocycles. The molecule has 0 bridgehead atoms. The maximum atomic E-state index is 12.2. The molecule has 0 saturated heterocycles. The number of benzene rings is 1. The van der Waals surface area contributed by atoms with Gasteiger partial charge in [0, 0.05) is 29.3 Å². The van der Waals surface area contributed by atoms with E-state index >= 15 is 0 Å². The van der Waals surface area contributed by atoms with Crippen molar-refractivity contribution in [3.05, 3.63) is 34.3 Å². The Morgan fingerprint density at radius 1 is 1.32 bits per heavy atom. The molecule has 6 nitrogen and oxygen atoms in total. The molecule has 132 valence electrons. The summed E-state index contributed by atoms with van der Waals surface area (Å²) in [6.45, 7) is 1.44. The molecule has 1 fully saturated rings. The average molecular weight is 381 g/mol. The predicted octanol–water partition coefficient (Wildman–Crippen LogP) is 3.80. The van der Waals surface area contributed by atoms with Gasteiger partial charge >= 0.3 is 0 Å². The van der Waals surface area contributed by atoms with Gasteiger partial charge < -0.3 is 14.8 Å². The number of thiazole rings is 1. The first kappa shape index (κ1) is 17.7. The Morgan fingerprint density at radius 3 is 2.72 bits per heavy atom. The number of aromatic nitrogens is 1. The Hall–Kier alpha value is -2.12. The third-order valence-electron chi connectivity index (χ3n) is 3.98. The SMILES string of the molecule is COc1ccc(Cl)cc1O[C@H]1C[C@H](C(=O)Nc2nc(C(C)=O)cs2)C1. The lowest BCUT2D eigenvalue weighted by molar-refractivity contribution is -0.125. The van der Waals surface area contributed by atoms with Crippen molar-refractivity contribution < 1.29 is 19.1 Å². The van der Waals surface area contributed by atoms with Gasteiger partial charge in [-0.05, 0) is 25.0 Å². The number of ketones is 1. The topological polar surface area (TPSA) is 77.5 Å². The Morgan fingerprint density at radius 2 is 2.08 bits per heavy atom. The summed E-state index contributed by atoms with van der Waals surface area (Å²) in [5.74, 6) is 0.813. The molecule has 1 aromatic carbocycles. The van der Waals surface area contributed by atoms with Crippen LogP contribution in [-0.4, -0.2) is 29.9 Å². The van der Waals surface area contributed by atoms with Crippen molar-refractivity contribution in [2.24, 2.45) is 5.92 Å². The fourth-order valence-electron chi connectivity index (χ4n) is 2.50. The van der Waals surface area contributed by atoms with Crippen LogP contribution in [0, 0.1) is 5.92 Å². The molecule has 0 spiro atoms. The van der Waals surface area contributed by atoms with Crippen LogP contribution in [0.25, 0.3) is 0 Å². The van der Waals surface area contributed by atoms with Gasteiger partial charge in [0.1, 0.15) is 11.8 Å². The Labute approximate surface area is 154 Å². The van der Waals surface area contributed by atoms with Crippen LogP contribution in [-0.2, 0) is 4.79 Å². The highest BCUT2D eigenvalue weighted by molar-refractivity contribution is 7.14. The molecule has 1 heterocycles. The summed E-state index contributed by atoms with van der Waals surface area (Å²) in [7, 11) is 1.57. The molecule has 1 saturated carbocycles. The highest BCUT2D eigenvalue weighted by Crippen LogP contribution is 2.37. The van der Waals surface area contributed by atoms with E-state index < -0.39 is 0 Å². The standard InChI is InChI=1S/C17H17ClN2O4S/c1-9(21)13-8-25-17(19-13)20-16(22)10-5-12(6-10)24-15-7-11(18)3-4-14(15)23-2/h3-4,7-8,10,12H,5-6H2,1-2H3,(H,19,20,22)/t10-,12-. The second-order valence-corrected chi connectivity index (χ2v) is 7.08. The minimum atomic E-state index is -0.139. The van der Waals surface area contributed by atoms with E-state index in [9.17, 15) is 9.59 Å². The summed E-state index contributed by atoms with van der Waals surface area (Å²) >= 11 is 7.22. The average Bonchev–Trinajstić information content (AvgIpc) is 2.99. The summed E-state index contributed by atoms with van der Waals surface area (Å²) in [6.07, 6.45) is 1.14. The first-order valence-electron chi connectivity index (χ1n) is 7.73. The molecule has 1 amide bonds. The van der Waals surface area contributed by atoms with E-state index in [0.29, 0.717) is 40.2 Å². The van der Waals surface area contributed by atoms with Crippen LogP contribution in [0.1, 0.15) is 30.3 Å². The van der Waals surface area contributed by atoms with Gasteiger partial charge in [-0.25, -0.2) is 4.98 Å². The van der Waals surface area contributed by atoms with Gasteiger partial charge in [-0.2, -0.15) is 0 Å². The van der Waals surface area contributed by atoms with E-state index in [4.69, 9.17) is 21.1 Å². The minimum absolute atomic E-state index is 0.0628. The number of carbonyl (C=O) groups excluding carboxylic acids is 2. The van der Waals surface area contributed by atoms with Crippen LogP contribution < -0.4 is 14.8 Å². The van der Waals surface area contributed by atoms with Crippen LogP contribution in [0.3, 0.4) is 0 Å². The lowest BCUT2D eigenvalue weighted by atomic mass is 9.81. The first-order chi connectivity index (χ1) is 12.0. The second-order valence-electron chi connectivity index (χ2n) is 5.79. The van der Waals surface area contributed by atoms with E-state index in [2.05, 4.69) is 10.3 Å². The number of halogens is 1. The molecule has 0 aliphatic heterocycles. The fraction of sp³-hybridized carbons (Fsp3) is 0.353. The number of amides is 1. The molecular weight excluding hydrogens is 364 g/mol. The highest BCUT2D eigenvalue weighted by Gasteiger charge is 2.37. The van der Waals surface area contributed by atoms with E-state index in [1.54, 1.807) is 30.7 Å². The smallest absolute Gasteiger partial charge is 0.229 e. The lowest BCUT2D eigenvalue weighted by Crippen LogP contribution is -2.40. The maximum absolute atomic E-state index is 12.2. The molecular formula is C17H17ClN2O4S.